The minimum absolute atomic E-state index is 0.0567. The van der Waals surface area contributed by atoms with Crippen LogP contribution in [0.1, 0.15) is 33.1 Å². The van der Waals surface area contributed by atoms with Crippen LogP contribution in [0, 0.1) is 0 Å². The van der Waals surface area contributed by atoms with Gasteiger partial charge in [0.2, 0.25) is 11.8 Å². The van der Waals surface area contributed by atoms with Crippen LogP contribution in [0.3, 0.4) is 0 Å². The molecular weight excluding hydrogens is 220 g/mol. The summed E-state index contributed by atoms with van der Waals surface area (Å²) < 4.78 is 0. The number of nitrogens with zero attached hydrogens (tertiary/aromatic N) is 2. The first-order chi connectivity index (χ1) is 7.79. The second kappa shape index (κ2) is 5.49. The molecule has 5 nitrogen and oxygen atoms in total. The first-order valence-electron chi connectivity index (χ1n) is 6.04. The Hall–Kier alpha value is -1.10. The second-order valence-electron chi connectivity index (χ2n) is 5.33. The fourth-order valence-corrected chi connectivity index (χ4v) is 1.98. The molecule has 0 aromatic rings. The Morgan fingerprint density at radius 1 is 1.47 bits per heavy atom. The number of hydrogen-bond donors (Lipinski definition) is 1. The van der Waals surface area contributed by atoms with E-state index in [0.29, 0.717) is 13.0 Å². The lowest BCUT2D eigenvalue weighted by Gasteiger charge is -2.30. The third-order valence-corrected chi connectivity index (χ3v) is 2.80. The fraction of sp³-hybridized carbons (Fsp3) is 0.833. The molecule has 1 N–H and O–H groups in total. The molecule has 5 heteroatoms. The summed E-state index contributed by atoms with van der Waals surface area (Å²) in [5.41, 5.74) is -0.906. The number of likely N-dealkylation sites (tertiary alicyclic amines) is 1. The minimum atomic E-state index is -0.906. The first kappa shape index (κ1) is 14.0. The van der Waals surface area contributed by atoms with Gasteiger partial charge in [0.05, 0.1) is 12.1 Å². The van der Waals surface area contributed by atoms with Crippen LogP contribution in [-0.4, -0.2) is 59.0 Å². The second-order valence-corrected chi connectivity index (χ2v) is 5.33. The van der Waals surface area contributed by atoms with E-state index in [-0.39, 0.29) is 24.9 Å². The van der Waals surface area contributed by atoms with Gasteiger partial charge in [-0.15, -0.1) is 0 Å². The van der Waals surface area contributed by atoms with Gasteiger partial charge in [-0.25, -0.2) is 0 Å². The van der Waals surface area contributed by atoms with Gasteiger partial charge in [0.1, 0.15) is 0 Å². The third-order valence-electron chi connectivity index (χ3n) is 2.80. The van der Waals surface area contributed by atoms with Crippen LogP contribution >= 0.6 is 0 Å². The molecule has 1 aliphatic rings. The predicted molar refractivity (Wildman–Crippen MR) is 64.4 cm³/mol. The van der Waals surface area contributed by atoms with Gasteiger partial charge in [-0.3, -0.25) is 9.59 Å². The number of aliphatic hydroxyl groups is 1. The highest BCUT2D eigenvalue weighted by molar-refractivity contribution is 5.85. The minimum Gasteiger partial charge on any atom is -0.389 e. The Labute approximate surface area is 102 Å². The molecule has 0 atom stereocenters. The number of likely N-dealkylation sites (N-methyl/N-ethyl adjacent to an activating group) is 1. The summed E-state index contributed by atoms with van der Waals surface area (Å²) >= 11 is 0. The number of amides is 2. The molecule has 0 aromatic heterocycles. The van der Waals surface area contributed by atoms with Crippen molar-refractivity contribution in [3.8, 4) is 0 Å². The molecule has 0 aromatic carbocycles. The Bertz CT molecular complexity index is 297. The summed E-state index contributed by atoms with van der Waals surface area (Å²) in [5, 5.41) is 9.62. The maximum Gasteiger partial charge on any atom is 0.242 e. The highest BCUT2D eigenvalue weighted by Gasteiger charge is 2.24. The fourth-order valence-electron chi connectivity index (χ4n) is 1.98. The van der Waals surface area contributed by atoms with E-state index in [1.807, 2.05) is 0 Å². The Morgan fingerprint density at radius 2 is 2.12 bits per heavy atom. The molecule has 1 rings (SSSR count). The van der Waals surface area contributed by atoms with E-state index in [2.05, 4.69) is 0 Å². The third kappa shape index (κ3) is 4.73. The highest BCUT2D eigenvalue weighted by Crippen LogP contribution is 2.11. The van der Waals surface area contributed by atoms with Gasteiger partial charge < -0.3 is 14.9 Å². The average molecular weight is 242 g/mol. The summed E-state index contributed by atoms with van der Waals surface area (Å²) in [6.07, 6.45) is 2.43. The molecule has 98 valence electrons. The molecule has 1 saturated heterocycles. The van der Waals surface area contributed by atoms with Crippen LogP contribution in [0.4, 0.5) is 0 Å². The van der Waals surface area contributed by atoms with E-state index in [9.17, 15) is 14.7 Å². The van der Waals surface area contributed by atoms with Gasteiger partial charge in [0, 0.05) is 26.6 Å². The van der Waals surface area contributed by atoms with E-state index in [1.165, 1.54) is 4.90 Å². The molecule has 0 bridgehead atoms. The van der Waals surface area contributed by atoms with Crippen molar-refractivity contribution in [3.05, 3.63) is 0 Å². The molecule has 2 amide bonds. The molecule has 1 heterocycles. The van der Waals surface area contributed by atoms with Crippen LogP contribution in [0.2, 0.25) is 0 Å². The summed E-state index contributed by atoms with van der Waals surface area (Å²) in [5.74, 6) is -0.0661. The largest absolute Gasteiger partial charge is 0.389 e. The molecule has 0 aliphatic carbocycles. The quantitative estimate of drug-likeness (QED) is 0.767. The van der Waals surface area contributed by atoms with Crippen LogP contribution < -0.4 is 0 Å². The molecule has 0 spiro atoms. The van der Waals surface area contributed by atoms with Crippen molar-refractivity contribution in [2.24, 2.45) is 0 Å². The molecule has 1 aliphatic heterocycles. The van der Waals surface area contributed by atoms with Crippen LogP contribution in [-0.2, 0) is 9.59 Å². The Kier molecular flexibility index (Phi) is 4.51. The summed E-state index contributed by atoms with van der Waals surface area (Å²) in [7, 11) is 1.65. The van der Waals surface area contributed by atoms with Gasteiger partial charge in [-0.1, -0.05) is 0 Å². The van der Waals surface area contributed by atoms with Gasteiger partial charge in [0.25, 0.3) is 0 Å². The lowest BCUT2D eigenvalue weighted by atomic mass is 10.1. The SMILES string of the molecule is CN(CC(C)(C)O)C(=O)CN1CCCCC1=O. The van der Waals surface area contributed by atoms with Crippen molar-refractivity contribution < 1.29 is 14.7 Å². The summed E-state index contributed by atoms with van der Waals surface area (Å²) in [6.45, 7) is 4.38. The summed E-state index contributed by atoms with van der Waals surface area (Å²) in [4.78, 5) is 26.5. The van der Waals surface area contributed by atoms with Gasteiger partial charge in [-0.05, 0) is 26.7 Å². The zero-order valence-electron chi connectivity index (χ0n) is 10.9. The van der Waals surface area contributed by atoms with E-state index in [1.54, 1.807) is 25.8 Å². The van der Waals surface area contributed by atoms with Crippen molar-refractivity contribution in [3.63, 3.8) is 0 Å². The number of rotatable bonds is 4. The van der Waals surface area contributed by atoms with E-state index in [0.717, 1.165) is 12.8 Å². The Balaban J connectivity index is 2.45. The van der Waals surface area contributed by atoms with Gasteiger partial charge in [0.15, 0.2) is 0 Å². The van der Waals surface area contributed by atoms with Gasteiger partial charge in [-0.2, -0.15) is 0 Å². The number of piperidine rings is 1. The zero-order valence-corrected chi connectivity index (χ0v) is 10.9. The maximum absolute atomic E-state index is 11.9. The molecule has 17 heavy (non-hydrogen) atoms. The topological polar surface area (TPSA) is 60.9 Å². The van der Waals surface area contributed by atoms with Crippen molar-refractivity contribution in [1.82, 2.24) is 9.80 Å². The number of carbonyl (C=O) groups excluding carboxylic acids is 2. The molecule has 0 radical (unpaired) electrons. The normalized spacial score (nSPS) is 17.2. The zero-order chi connectivity index (χ0) is 13.1. The smallest absolute Gasteiger partial charge is 0.242 e. The lowest BCUT2D eigenvalue weighted by molar-refractivity contribution is -0.142. The summed E-state index contributed by atoms with van der Waals surface area (Å²) in [6, 6.07) is 0. The monoisotopic (exact) mass is 242 g/mol. The van der Waals surface area contributed by atoms with Crippen molar-refractivity contribution in [1.29, 1.82) is 0 Å². The first-order valence-corrected chi connectivity index (χ1v) is 6.04. The molecule has 0 saturated carbocycles. The standard InChI is InChI=1S/C12H22N2O3/c1-12(2,17)9-13(3)11(16)8-14-7-5-4-6-10(14)15/h17H,4-9H2,1-3H3. The molecular formula is C12H22N2O3. The average Bonchev–Trinajstić information content (AvgIpc) is 2.18. The van der Waals surface area contributed by atoms with Crippen LogP contribution in [0.15, 0.2) is 0 Å². The van der Waals surface area contributed by atoms with E-state index < -0.39 is 5.60 Å². The molecule has 0 unspecified atom stereocenters. The van der Waals surface area contributed by atoms with Crippen molar-refractivity contribution >= 4 is 11.8 Å². The van der Waals surface area contributed by atoms with E-state index in [4.69, 9.17) is 0 Å². The van der Waals surface area contributed by atoms with E-state index >= 15 is 0 Å². The van der Waals surface area contributed by atoms with Gasteiger partial charge >= 0.3 is 0 Å². The van der Waals surface area contributed by atoms with Crippen molar-refractivity contribution in [2.45, 2.75) is 38.7 Å². The number of hydrogen-bond acceptors (Lipinski definition) is 3. The predicted octanol–water partition coefficient (Wildman–Crippen LogP) is 0.228. The lowest BCUT2D eigenvalue weighted by Crippen LogP contribution is -2.46. The van der Waals surface area contributed by atoms with Crippen LogP contribution in [0.5, 0.6) is 0 Å². The van der Waals surface area contributed by atoms with Crippen LogP contribution in [0.25, 0.3) is 0 Å². The van der Waals surface area contributed by atoms with Crippen molar-refractivity contribution in [2.75, 3.05) is 26.7 Å². The maximum atomic E-state index is 11.9. The Morgan fingerprint density at radius 3 is 2.65 bits per heavy atom. The molecule has 1 fully saturated rings. The number of carbonyl (C=O) groups is 2. The highest BCUT2D eigenvalue weighted by atomic mass is 16.3.